The Morgan fingerprint density at radius 1 is 0.828 bits per heavy atom. The second-order valence-electron chi connectivity index (χ2n) is 9.16. The minimum atomic E-state index is -3.23. The van der Waals surface area contributed by atoms with Gasteiger partial charge in [0.15, 0.2) is 17.4 Å². The van der Waals surface area contributed by atoms with Crippen LogP contribution in [-0.2, 0) is 6.42 Å². The Bertz CT molecular complexity index is 609. The van der Waals surface area contributed by atoms with Gasteiger partial charge < -0.3 is 4.74 Å². The number of alkyl halides is 2. The summed E-state index contributed by atoms with van der Waals surface area (Å²) in [4.78, 5) is 0. The summed E-state index contributed by atoms with van der Waals surface area (Å²) in [6.45, 7) is -0.955. The van der Waals surface area contributed by atoms with Crippen molar-refractivity contribution in [1.29, 1.82) is 0 Å². The van der Waals surface area contributed by atoms with E-state index in [0.717, 1.165) is 36.3 Å². The van der Waals surface area contributed by atoms with Crippen molar-refractivity contribution in [2.45, 2.75) is 90.6 Å². The highest BCUT2D eigenvalue weighted by Gasteiger charge is 2.30. The highest BCUT2D eigenvalue weighted by Crippen LogP contribution is 2.43. The lowest BCUT2D eigenvalue weighted by Gasteiger charge is -2.38. The van der Waals surface area contributed by atoms with Gasteiger partial charge in [0.25, 0.3) is 0 Å². The van der Waals surface area contributed by atoms with Crippen molar-refractivity contribution in [3.63, 3.8) is 0 Å². The predicted octanol–water partition coefficient (Wildman–Crippen LogP) is 7.91. The van der Waals surface area contributed by atoms with E-state index in [4.69, 9.17) is 0 Å². The molecule has 0 N–H and O–H groups in total. The van der Waals surface area contributed by atoms with E-state index >= 15 is 0 Å². The summed E-state index contributed by atoms with van der Waals surface area (Å²) in [5.74, 6) is 0.198. The molecule has 5 heteroatoms. The highest BCUT2D eigenvalue weighted by atomic mass is 19.3. The zero-order valence-electron chi connectivity index (χ0n) is 17.4. The third-order valence-corrected chi connectivity index (χ3v) is 7.25. The maximum atomic E-state index is 13.9. The Balaban J connectivity index is 1.42. The number of hydrogen-bond acceptors (Lipinski definition) is 1. The van der Waals surface area contributed by atoms with Crippen molar-refractivity contribution < 1.29 is 22.3 Å². The Morgan fingerprint density at radius 3 is 1.76 bits per heavy atom. The van der Waals surface area contributed by atoms with E-state index < -0.39 is 24.0 Å². The number of benzene rings is 1. The molecule has 2 fully saturated rings. The molecule has 0 aliphatic heterocycles. The van der Waals surface area contributed by atoms with E-state index in [1.54, 1.807) is 0 Å². The highest BCUT2D eigenvalue weighted by molar-refractivity contribution is 5.31. The third-order valence-electron chi connectivity index (χ3n) is 7.25. The summed E-state index contributed by atoms with van der Waals surface area (Å²) in [5.41, 5.74) is 0.512. The van der Waals surface area contributed by atoms with Crippen LogP contribution in [0.15, 0.2) is 12.1 Å². The van der Waals surface area contributed by atoms with Gasteiger partial charge in [-0.2, -0.15) is 8.78 Å². The molecule has 0 heterocycles. The Labute approximate surface area is 172 Å². The summed E-state index contributed by atoms with van der Waals surface area (Å²) >= 11 is 0. The molecule has 164 valence electrons. The van der Waals surface area contributed by atoms with Gasteiger partial charge in [0, 0.05) is 0 Å². The van der Waals surface area contributed by atoms with Crippen LogP contribution in [-0.4, -0.2) is 6.61 Å². The molecule has 1 aromatic carbocycles. The SMILES string of the molecule is CCC[C@H]1CC[C@H]([C@H]2CC[C@H](CCc3cc(F)c(OC(F)F)c(F)c3)CC2)CC1. The van der Waals surface area contributed by atoms with E-state index in [9.17, 15) is 17.6 Å². The van der Waals surface area contributed by atoms with Crippen molar-refractivity contribution in [2.24, 2.45) is 23.7 Å². The number of aryl methyl sites for hydroxylation is 1. The summed E-state index contributed by atoms with van der Waals surface area (Å²) in [5, 5.41) is 0. The van der Waals surface area contributed by atoms with Crippen LogP contribution < -0.4 is 4.74 Å². The van der Waals surface area contributed by atoms with E-state index in [2.05, 4.69) is 11.7 Å². The van der Waals surface area contributed by atoms with Crippen molar-refractivity contribution >= 4 is 0 Å². The maximum Gasteiger partial charge on any atom is 0.387 e. The maximum absolute atomic E-state index is 13.9. The van der Waals surface area contributed by atoms with Gasteiger partial charge in [-0.25, -0.2) is 8.78 Å². The van der Waals surface area contributed by atoms with E-state index in [1.165, 1.54) is 64.2 Å². The molecule has 3 rings (SSSR count). The number of hydrogen-bond donors (Lipinski definition) is 0. The second-order valence-corrected chi connectivity index (χ2v) is 9.16. The summed E-state index contributed by atoms with van der Waals surface area (Å²) in [6, 6.07) is 2.25. The van der Waals surface area contributed by atoms with Crippen molar-refractivity contribution in [1.82, 2.24) is 0 Å². The molecule has 0 atom stereocenters. The smallest absolute Gasteiger partial charge is 0.387 e. The fraction of sp³-hybridized carbons (Fsp3) is 0.750. The molecule has 29 heavy (non-hydrogen) atoms. The molecule has 1 nitrogen and oxygen atoms in total. The van der Waals surface area contributed by atoms with Gasteiger partial charge in [0.05, 0.1) is 0 Å². The number of halogens is 4. The largest absolute Gasteiger partial charge is 0.429 e. The molecule has 2 aliphatic rings. The molecule has 0 amide bonds. The fourth-order valence-electron chi connectivity index (χ4n) is 5.63. The zero-order valence-corrected chi connectivity index (χ0v) is 17.4. The number of ether oxygens (including phenoxy) is 1. The minimum absolute atomic E-state index is 0.512. The first-order valence-electron chi connectivity index (χ1n) is 11.4. The summed E-state index contributed by atoms with van der Waals surface area (Å²) in [6.07, 6.45) is 14.7. The molecule has 0 radical (unpaired) electrons. The third kappa shape index (κ3) is 6.36. The first-order chi connectivity index (χ1) is 14.0. The number of rotatable bonds is 8. The van der Waals surface area contributed by atoms with Crippen molar-refractivity contribution in [3.8, 4) is 5.75 Å². The second kappa shape index (κ2) is 10.7. The van der Waals surface area contributed by atoms with Gasteiger partial charge in [-0.05, 0) is 79.9 Å². The van der Waals surface area contributed by atoms with Gasteiger partial charge in [-0.3, -0.25) is 0 Å². The van der Waals surface area contributed by atoms with Gasteiger partial charge in [-0.15, -0.1) is 0 Å². The minimum Gasteiger partial charge on any atom is -0.429 e. The van der Waals surface area contributed by atoms with E-state index in [1.807, 2.05) is 0 Å². The van der Waals surface area contributed by atoms with Crippen LogP contribution >= 0.6 is 0 Å². The lowest BCUT2D eigenvalue weighted by atomic mass is 9.68. The molecule has 1 aromatic rings. The van der Waals surface area contributed by atoms with E-state index in [0.29, 0.717) is 17.9 Å². The summed E-state index contributed by atoms with van der Waals surface area (Å²) < 4.78 is 56.1. The molecule has 0 unspecified atom stereocenters. The Hall–Kier alpha value is -1.26. The van der Waals surface area contributed by atoms with Crippen LogP contribution in [0.5, 0.6) is 5.75 Å². The van der Waals surface area contributed by atoms with E-state index in [-0.39, 0.29) is 0 Å². The quantitative estimate of drug-likeness (QED) is 0.393. The van der Waals surface area contributed by atoms with Crippen LogP contribution in [0.3, 0.4) is 0 Å². The Morgan fingerprint density at radius 2 is 1.31 bits per heavy atom. The molecule has 0 spiro atoms. The molecular formula is C24H34F4O. The van der Waals surface area contributed by atoms with Crippen molar-refractivity contribution in [3.05, 3.63) is 29.3 Å². The van der Waals surface area contributed by atoms with Gasteiger partial charge in [-0.1, -0.05) is 45.4 Å². The first-order valence-corrected chi connectivity index (χ1v) is 11.4. The molecule has 0 saturated heterocycles. The molecule has 2 saturated carbocycles. The van der Waals surface area contributed by atoms with Crippen LogP contribution in [0.1, 0.15) is 83.1 Å². The fourth-order valence-corrected chi connectivity index (χ4v) is 5.63. The monoisotopic (exact) mass is 414 g/mol. The van der Waals surface area contributed by atoms with Crippen LogP contribution in [0, 0.1) is 35.3 Å². The average molecular weight is 415 g/mol. The Kier molecular flexibility index (Phi) is 8.25. The summed E-state index contributed by atoms with van der Waals surface area (Å²) in [7, 11) is 0. The lowest BCUT2D eigenvalue weighted by Crippen LogP contribution is -2.26. The standard InChI is InChI=1S/C24H34F4O/c1-2-3-16-6-10-19(11-7-16)20-12-8-17(9-13-20)4-5-18-14-21(25)23(22(26)15-18)29-24(27)28/h14-17,19-20,24H,2-13H2,1H3/t16-,17-,19-,20-. The van der Waals surface area contributed by atoms with Gasteiger partial charge in [0.1, 0.15) is 0 Å². The topological polar surface area (TPSA) is 9.23 Å². The normalized spacial score (nSPS) is 27.9. The first kappa shape index (κ1) is 22.4. The van der Waals surface area contributed by atoms with Crippen LogP contribution in [0.4, 0.5) is 17.6 Å². The molecule has 2 aliphatic carbocycles. The van der Waals surface area contributed by atoms with Gasteiger partial charge in [0.2, 0.25) is 0 Å². The van der Waals surface area contributed by atoms with Crippen molar-refractivity contribution in [2.75, 3.05) is 0 Å². The predicted molar refractivity (Wildman–Crippen MR) is 107 cm³/mol. The molecule has 0 bridgehead atoms. The van der Waals surface area contributed by atoms with Crippen LogP contribution in [0.25, 0.3) is 0 Å². The van der Waals surface area contributed by atoms with Gasteiger partial charge >= 0.3 is 6.61 Å². The average Bonchev–Trinajstić information content (AvgIpc) is 2.70. The van der Waals surface area contributed by atoms with Crippen LogP contribution in [0.2, 0.25) is 0 Å². The zero-order chi connectivity index (χ0) is 20.8. The molecular weight excluding hydrogens is 380 g/mol. The lowest BCUT2D eigenvalue weighted by molar-refractivity contribution is -0.0546. The molecule has 0 aromatic heterocycles.